The molecule has 1 nitrogen and oxygen atoms in total. The molecule has 1 N–H and O–H groups in total. The van der Waals surface area contributed by atoms with Crippen molar-refractivity contribution < 1.29 is 5.11 Å². The summed E-state index contributed by atoms with van der Waals surface area (Å²) in [6, 6.07) is 7.10. The van der Waals surface area contributed by atoms with Crippen LogP contribution in [-0.4, -0.2) is 5.11 Å². The van der Waals surface area contributed by atoms with Gasteiger partial charge in [0.1, 0.15) is 0 Å². The van der Waals surface area contributed by atoms with E-state index in [-0.39, 0.29) is 6.61 Å². The Morgan fingerprint density at radius 2 is 1.64 bits per heavy atom. The zero-order valence-corrected chi connectivity index (χ0v) is 7.60. The van der Waals surface area contributed by atoms with Gasteiger partial charge in [-0.05, 0) is 17.7 Å². The number of rotatable bonds is 1. The lowest BCUT2D eigenvalue weighted by molar-refractivity contribution is 0.282. The van der Waals surface area contributed by atoms with Gasteiger partial charge < -0.3 is 5.11 Å². The molecule has 11 heavy (non-hydrogen) atoms. The highest BCUT2D eigenvalue weighted by atomic mass is 35.5. The molecule has 1 rings (SSSR count). The number of benzene rings is 1. The highest BCUT2D eigenvalue weighted by Gasteiger charge is 1.87. The first-order chi connectivity index (χ1) is 5.33. The van der Waals surface area contributed by atoms with Crippen LogP contribution in [0.3, 0.4) is 0 Å². The molecule has 0 aliphatic heterocycles. The molecule has 0 heterocycles. The molecule has 0 bridgehead atoms. The Hall–Kier alpha value is -0.530. The van der Waals surface area contributed by atoms with E-state index in [4.69, 9.17) is 16.7 Å². The van der Waals surface area contributed by atoms with Crippen molar-refractivity contribution in [2.24, 2.45) is 0 Å². The number of hydrogen-bond donors (Lipinski definition) is 1. The van der Waals surface area contributed by atoms with Gasteiger partial charge in [0.25, 0.3) is 0 Å². The van der Waals surface area contributed by atoms with Gasteiger partial charge in [-0.25, -0.2) is 0 Å². The molecule has 0 aromatic heterocycles. The molecular formula is C9H13ClO. The van der Waals surface area contributed by atoms with Gasteiger partial charge >= 0.3 is 0 Å². The summed E-state index contributed by atoms with van der Waals surface area (Å²) in [4.78, 5) is 0. The van der Waals surface area contributed by atoms with E-state index in [0.29, 0.717) is 5.02 Å². The van der Waals surface area contributed by atoms with Crippen LogP contribution in [0, 0.1) is 0 Å². The summed E-state index contributed by atoms with van der Waals surface area (Å²) >= 11 is 5.59. The molecule has 0 aliphatic rings. The van der Waals surface area contributed by atoms with Gasteiger partial charge in [-0.15, -0.1) is 0 Å². The van der Waals surface area contributed by atoms with Crippen LogP contribution in [0.5, 0.6) is 0 Å². The van der Waals surface area contributed by atoms with E-state index in [1.165, 1.54) is 0 Å². The molecule has 0 spiro atoms. The molecule has 1 aromatic rings. The van der Waals surface area contributed by atoms with E-state index in [1.54, 1.807) is 24.3 Å². The first-order valence-corrected chi connectivity index (χ1v) is 4.06. The first kappa shape index (κ1) is 10.5. The van der Waals surface area contributed by atoms with E-state index in [9.17, 15) is 0 Å². The van der Waals surface area contributed by atoms with Crippen LogP contribution in [-0.2, 0) is 6.61 Å². The highest BCUT2D eigenvalue weighted by Crippen LogP contribution is 2.08. The van der Waals surface area contributed by atoms with Crippen LogP contribution >= 0.6 is 11.6 Å². The van der Waals surface area contributed by atoms with Crippen LogP contribution in [0.1, 0.15) is 19.4 Å². The van der Waals surface area contributed by atoms with Crippen LogP contribution in [0.15, 0.2) is 24.3 Å². The third-order valence-electron chi connectivity index (χ3n) is 1.10. The fourth-order valence-electron chi connectivity index (χ4n) is 0.590. The minimum atomic E-state index is 0.0805. The van der Waals surface area contributed by atoms with Gasteiger partial charge in [0.2, 0.25) is 0 Å². The average molecular weight is 173 g/mol. The maximum Gasteiger partial charge on any atom is 0.0681 e. The highest BCUT2D eigenvalue weighted by molar-refractivity contribution is 6.30. The van der Waals surface area contributed by atoms with E-state index in [0.717, 1.165) is 5.56 Å². The van der Waals surface area contributed by atoms with Crippen LogP contribution in [0.25, 0.3) is 0 Å². The van der Waals surface area contributed by atoms with Gasteiger partial charge in [-0.2, -0.15) is 0 Å². The summed E-state index contributed by atoms with van der Waals surface area (Å²) in [6.45, 7) is 4.08. The van der Waals surface area contributed by atoms with E-state index in [2.05, 4.69) is 0 Å². The Kier molecular flexibility index (Phi) is 5.90. The second-order valence-corrected chi connectivity index (χ2v) is 2.22. The minimum absolute atomic E-state index is 0.0805. The lowest BCUT2D eigenvalue weighted by atomic mass is 10.2. The Morgan fingerprint density at radius 3 is 2.00 bits per heavy atom. The average Bonchev–Trinajstić information content (AvgIpc) is 2.10. The van der Waals surface area contributed by atoms with E-state index >= 15 is 0 Å². The topological polar surface area (TPSA) is 20.2 Å². The molecule has 0 aliphatic carbocycles. The predicted molar refractivity (Wildman–Crippen MR) is 48.7 cm³/mol. The van der Waals surface area contributed by atoms with Gasteiger partial charge in [0.05, 0.1) is 6.61 Å². The van der Waals surface area contributed by atoms with Crippen molar-refractivity contribution in [1.82, 2.24) is 0 Å². The number of hydrogen-bond acceptors (Lipinski definition) is 1. The lowest BCUT2D eigenvalue weighted by Crippen LogP contribution is -1.79. The summed E-state index contributed by atoms with van der Waals surface area (Å²) in [5, 5.41) is 9.29. The summed E-state index contributed by atoms with van der Waals surface area (Å²) in [5.74, 6) is 0. The summed E-state index contributed by atoms with van der Waals surface area (Å²) in [5.41, 5.74) is 0.888. The summed E-state index contributed by atoms with van der Waals surface area (Å²) < 4.78 is 0. The largest absolute Gasteiger partial charge is 0.392 e. The van der Waals surface area contributed by atoms with Gasteiger partial charge in [-0.1, -0.05) is 37.6 Å². The van der Waals surface area contributed by atoms with Crippen LogP contribution < -0.4 is 0 Å². The molecule has 0 saturated heterocycles. The van der Waals surface area contributed by atoms with Gasteiger partial charge in [-0.3, -0.25) is 0 Å². The van der Waals surface area contributed by atoms with Crippen molar-refractivity contribution in [3.8, 4) is 0 Å². The van der Waals surface area contributed by atoms with Crippen molar-refractivity contribution in [2.45, 2.75) is 20.5 Å². The quantitative estimate of drug-likeness (QED) is 0.691. The Balaban J connectivity index is 0.000000461. The molecule has 0 atom stereocenters. The third-order valence-corrected chi connectivity index (χ3v) is 1.35. The number of aliphatic hydroxyl groups is 1. The summed E-state index contributed by atoms with van der Waals surface area (Å²) in [7, 11) is 0. The maximum absolute atomic E-state index is 8.59. The van der Waals surface area contributed by atoms with Crippen molar-refractivity contribution in [2.75, 3.05) is 0 Å². The van der Waals surface area contributed by atoms with Gasteiger partial charge in [0.15, 0.2) is 0 Å². The molecule has 0 radical (unpaired) electrons. The smallest absolute Gasteiger partial charge is 0.0681 e. The fourth-order valence-corrected chi connectivity index (χ4v) is 0.716. The molecular weight excluding hydrogens is 160 g/mol. The van der Waals surface area contributed by atoms with E-state index in [1.807, 2.05) is 13.8 Å². The predicted octanol–water partition coefficient (Wildman–Crippen LogP) is 2.86. The van der Waals surface area contributed by atoms with Crippen LogP contribution in [0.4, 0.5) is 0 Å². The second-order valence-electron chi connectivity index (χ2n) is 1.78. The van der Waals surface area contributed by atoms with Crippen molar-refractivity contribution in [3.63, 3.8) is 0 Å². The normalized spacial score (nSPS) is 8.36. The molecule has 0 fully saturated rings. The Morgan fingerprint density at radius 1 is 1.18 bits per heavy atom. The van der Waals surface area contributed by atoms with Gasteiger partial charge in [0, 0.05) is 5.02 Å². The fraction of sp³-hybridized carbons (Fsp3) is 0.333. The van der Waals surface area contributed by atoms with E-state index < -0.39 is 0 Å². The Bertz CT molecular complexity index is 181. The standard InChI is InChI=1S/C7H7ClO.C2H6/c8-7-3-1-6(5-9)2-4-7;1-2/h1-4,9H,5H2;1-2H3. The molecule has 62 valence electrons. The van der Waals surface area contributed by atoms with Crippen molar-refractivity contribution in [3.05, 3.63) is 34.9 Å². The molecule has 2 heteroatoms. The number of halogens is 1. The molecule has 1 aromatic carbocycles. The molecule has 0 amide bonds. The third kappa shape index (κ3) is 4.02. The Labute approximate surface area is 72.6 Å². The maximum atomic E-state index is 8.59. The second kappa shape index (κ2) is 6.20. The molecule has 0 saturated carbocycles. The zero-order valence-electron chi connectivity index (χ0n) is 6.84. The monoisotopic (exact) mass is 172 g/mol. The van der Waals surface area contributed by atoms with Crippen LogP contribution in [0.2, 0.25) is 5.02 Å². The summed E-state index contributed by atoms with van der Waals surface area (Å²) in [6.07, 6.45) is 0. The first-order valence-electron chi connectivity index (χ1n) is 3.68. The lowest BCUT2D eigenvalue weighted by Gasteiger charge is -1.92. The zero-order chi connectivity index (χ0) is 8.69. The minimum Gasteiger partial charge on any atom is -0.392 e. The van der Waals surface area contributed by atoms with Crippen molar-refractivity contribution >= 4 is 11.6 Å². The molecule has 0 unspecified atom stereocenters. The SMILES string of the molecule is CC.OCc1ccc(Cl)cc1. The number of aliphatic hydroxyl groups excluding tert-OH is 1. The van der Waals surface area contributed by atoms with Crippen molar-refractivity contribution in [1.29, 1.82) is 0 Å².